The van der Waals surface area contributed by atoms with Crippen LogP contribution in [0.3, 0.4) is 0 Å². The average Bonchev–Trinajstić information content (AvgIpc) is 2.66. The number of alkyl halides is 3. The van der Waals surface area contributed by atoms with Gasteiger partial charge < -0.3 is 19.5 Å². The van der Waals surface area contributed by atoms with Gasteiger partial charge in [0.15, 0.2) is 11.5 Å². The quantitative estimate of drug-likeness (QED) is 0.778. The third kappa shape index (κ3) is 6.07. The first-order chi connectivity index (χ1) is 13.4. The summed E-state index contributed by atoms with van der Waals surface area (Å²) in [6.45, 7) is 1.45. The molecule has 150 valence electrons. The van der Waals surface area contributed by atoms with Gasteiger partial charge in [0.05, 0.1) is 0 Å². The second-order valence-corrected chi connectivity index (χ2v) is 6.27. The molecule has 1 N–H and O–H groups in total. The number of carbonyl (C=O) groups excluding carboxylic acids is 1. The van der Waals surface area contributed by atoms with Crippen LogP contribution in [0.1, 0.15) is 17.5 Å². The van der Waals surface area contributed by atoms with Crippen LogP contribution in [0.5, 0.6) is 17.2 Å². The SMILES string of the molecule is O=C(CCc1ccc2c(c1)OCCO2)NCCc1ccc(OC(F)(F)F)cc1. The van der Waals surface area contributed by atoms with E-state index in [9.17, 15) is 18.0 Å². The average molecular weight is 395 g/mol. The van der Waals surface area contributed by atoms with Gasteiger partial charge >= 0.3 is 6.36 Å². The zero-order valence-electron chi connectivity index (χ0n) is 15.1. The Hall–Kier alpha value is -2.90. The van der Waals surface area contributed by atoms with E-state index in [0.29, 0.717) is 50.5 Å². The Morgan fingerprint density at radius 1 is 0.964 bits per heavy atom. The molecule has 3 rings (SSSR count). The Morgan fingerprint density at radius 3 is 2.36 bits per heavy atom. The van der Waals surface area contributed by atoms with Gasteiger partial charge in [-0.05, 0) is 48.2 Å². The van der Waals surface area contributed by atoms with E-state index in [4.69, 9.17) is 9.47 Å². The lowest BCUT2D eigenvalue weighted by Crippen LogP contribution is -2.25. The molecule has 0 bridgehead atoms. The minimum absolute atomic E-state index is 0.0908. The number of ether oxygens (including phenoxy) is 3. The normalized spacial score (nSPS) is 13.1. The maximum absolute atomic E-state index is 12.1. The van der Waals surface area contributed by atoms with Gasteiger partial charge in [0.25, 0.3) is 0 Å². The van der Waals surface area contributed by atoms with Crippen LogP contribution in [0.2, 0.25) is 0 Å². The molecule has 0 aliphatic carbocycles. The minimum Gasteiger partial charge on any atom is -0.486 e. The van der Waals surface area contributed by atoms with Crippen LogP contribution in [0.15, 0.2) is 42.5 Å². The lowest BCUT2D eigenvalue weighted by atomic mass is 10.1. The van der Waals surface area contributed by atoms with Gasteiger partial charge in [0.2, 0.25) is 5.91 Å². The van der Waals surface area contributed by atoms with E-state index in [1.807, 2.05) is 18.2 Å². The van der Waals surface area contributed by atoms with Crippen molar-refractivity contribution in [1.29, 1.82) is 0 Å². The Morgan fingerprint density at radius 2 is 1.64 bits per heavy atom. The van der Waals surface area contributed by atoms with Gasteiger partial charge in [0.1, 0.15) is 19.0 Å². The molecule has 0 saturated carbocycles. The summed E-state index contributed by atoms with van der Waals surface area (Å²) in [4.78, 5) is 12.0. The number of rotatable bonds is 7. The maximum Gasteiger partial charge on any atom is 0.573 e. The predicted octanol–water partition coefficient (Wildman–Crippen LogP) is 3.65. The van der Waals surface area contributed by atoms with Crippen LogP contribution in [0.4, 0.5) is 13.2 Å². The number of halogens is 3. The number of fused-ring (bicyclic) bond motifs is 1. The van der Waals surface area contributed by atoms with Gasteiger partial charge in [-0.15, -0.1) is 13.2 Å². The zero-order valence-corrected chi connectivity index (χ0v) is 15.1. The second kappa shape index (κ2) is 8.86. The molecule has 0 spiro atoms. The van der Waals surface area contributed by atoms with E-state index in [0.717, 1.165) is 11.1 Å². The van der Waals surface area contributed by atoms with Gasteiger partial charge in [0, 0.05) is 13.0 Å². The molecule has 1 amide bonds. The summed E-state index contributed by atoms with van der Waals surface area (Å²) in [6, 6.07) is 11.2. The van der Waals surface area contributed by atoms with Crippen LogP contribution in [-0.4, -0.2) is 32.0 Å². The molecule has 0 atom stereocenters. The fourth-order valence-electron chi connectivity index (χ4n) is 2.79. The molecule has 0 radical (unpaired) electrons. The van der Waals surface area contributed by atoms with Crippen molar-refractivity contribution in [1.82, 2.24) is 5.32 Å². The lowest BCUT2D eigenvalue weighted by molar-refractivity contribution is -0.274. The number of carbonyl (C=O) groups is 1. The lowest BCUT2D eigenvalue weighted by Gasteiger charge is -2.18. The van der Waals surface area contributed by atoms with Gasteiger partial charge in [-0.1, -0.05) is 18.2 Å². The third-order valence-corrected chi connectivity index (χ3v) is 4.14. The van der Waals surface area contributed by atoms with Crippen molar-refractivity contribution in [3.8, 4) is 17.2 Å². The van der Waals surface area contributed by atoms with Gasteiger partial charge in [-0.25, -0.2) is 0 Å². The van der Waals surface area contributed by atoms with Crippen molar-refractivity contribution in [2.24, 2.45) is 0 Å². The molecule has 1 heterocycles. The van der Waals surface area contributed by atoms with Crippen molar-refractivity contribution in [3.05, 3.63) is 53.6 Å². The topological polar surface area (TPSA) is 56.8 Å². The molecule has 0 fully saturated rings. The van der Waals surface area contributed by atoms with Crippen molar-refractivity contribution in [3.63, 3.8) is 0 Å². The molecule has 0 aromatic heterocycles. The highest BCUT2D eigenvalue weighted by atomic mass is 19.4. The van der Waals surface area contributed by atoms with Gasteiger partial charge in [-0.3, -0.25) is 4.79 Å². The first-order valence-electron chi connectivity index (χ1n) is 8.89. The third-order valence-electron chi connectivity index (χ3n) is 4.14. The Labute approximate surface area is 160 Å². The van der Waals surface area contributed by atoms with E-state index in [1.165, 1.54) is 12.1 Å². The number of aryl methyl sites for hydroxylation is 1. The van der Waals surface area contributed by atoms with Crippen LogP contribution in [0, 0.1) is 0 Å². The highest BCUT2D eigenvalue weighted by molar-refractivity contribution is 5.76. The summed E-state index contributed by atoms with van der Waals surface area (Å²) in [7, 11) is 0. The molecule has 1 aliphatic heterocycles. The number of hydrogen-bond acceptors (Lipinski definition) is 4. The standard InChI is InChI=1S/C20H20F3NO4/c21-20(22,23)28-16-5-1-14(2-6-16)9-10-24-19(25)8-4-15-3-7-17-18(13-15)27-12-11-26-17/h1-3,5-7,13H,4,8-12H2,(H,24,25). The molecule has 1 aliphatic rings. The number of benzene rings is 2. The van der Waals surface area contributed by atoms with Gasteiger partial charge in [-0.2, -0.15) is 0 Å². The van der Waals surface area contributed by atoms with Crippen molar-refractivity contribution in [2.45, 2.75) is 25.6 Å². The molecule has 2 aromatic rings. The maximum atomic E-state index is 12.1. The summed E-state index contributed by atoms with van der Waals surface area (Å²) < 4.78 is 51.2. The molecule has 0 unspecified atom stereocenters. The van der Waals surface area contributed by atoms with Crippen LogP contribution >= 0.6 is 0 Å². The first kappa shape index (κ1) is 19.9. The molecule has 0 saturated heterocycles. The predicted molar refractivity (Wildman–Crippen MR) is 95.6 cm³/mol. The molecular formula is C20H20F3NO4. The summed E-state index contributed by atoms with van der Waals surface area (Å²) in [5.41, 5.74) is 1.79. The van der Waals surface area contributed by atoms with Crippen molar-refractivity contribution in [2.75, 3.05) is 19.8 Å². The fourth-order valence-corrected chi connectivity index (χ4v) is 2.79. The van der Waals surface area contributed by atoms with Crippen LogP contribution < -0.4 is 19.5 Å². The molecule has 8 heteroatoms. The molecule has 5 nitrogen and oxygen atoms in total. The Bertz CT molecular complexity index is 806. The summed E-state index contributed by atoms with van der Waals surface area (Å²) in [5.74, 6) is 1.06. The Kier molecular flexibility index (Phi) is 6.28. The number of amides is 1. The molecule has 2 aromatic carbocycles. The Balaban J connectivity index is 1.39. The summed E-state index contributed by atoms with van der Waals surface area (Å²) in [6.07, 6.45) is -3.28. The summed E-state index contributed by atoms with van der Waals surface area (Å²) >= 11 is 0. The molecular weight excluding hydrogens is 375 g/mol. The monoisotopic (exact) mass is 395 g/mol. The van der Waals surface area contributed by atoms with E-state index < -0.39 is 6.36 Å². The van der Waals surface area contributed by atoms with E-state index in [1.54, 1.807) is 12.1 Å². The minimum atomic E-state index is -4.70. The number of nitrogens with one attached hydrogen (secondary N) is 1. The van der Waals surface area contributed by atoms with E-state index >= 15 is 0 Å². The largest absolute Gasteiger partial charge is 0.573 e. The molecule has 28 heavy (non-hydrogen) atoms. The summed E-state index contributed by atoms with van der Waals surface area (Å²) in [5, 5.41) is 2.81. The van der Waals surface area contributed by atoms with Crippen molar-refractivity contribution < 1.29 is 32.2 Å². The van der Waals surface area contributed by atoms with Crippen molar-refractivity contribution >= 4 is 5.91 Å². The van der Waals surface area contributed by atoms with E-state index in [2.05, 4.69) is 10.1 Å². The highest BCUT2D eigenvalue weighted by Gasteiger charge is 2.30. The highest BCUT2D eigenvalue weighted by Crippen LogP contribution is 2.31. The van der Waals surface area contributed by atoms with Crippen LogP contribution in [-0.2, 0) is 17.6 Å². The number of hydrogen-bond donors (Lipinski definition) is 1. The second-order valence-electron chi connectivity index (χ2n) is 6.27. The first-order valence-corrected chi connectivity index (χ1v) is 8.89. The van der Waals surface area contributed by atoms with E-state index in [-0.39, 0.29) is 11.7 Å². The smallest absolute Gasteiger partial charge is 0.486 e. The van der Waals surface area contributed by atoms with Crippen LogP contribution in [0.25, 0.3) is 0 Å². The zero-order chi connectivity index (χ0) is 20.0. The fraction of sp³-hybridized carbons (Fsp3) is 0.350.